The number of hydrogen-bond acceptors (Lipinski definition) is 4. The average molecular weight is 252 g/mol. The Morgan fingerprint density at radius 1 is 1.61 bits per heavy atom. The number of aryl methyl sites for hydroxylation is 1. The quantitative estimate of drug-likeness (QED) is 0.736. The van der Waals surface area contributed by atoms with Crippen LogP contribution in [0.5, 0.6) is 0 Å². The Labute approximate surface area is 109 Å². The van der Waals surface area contributed by atoms with Gasteiger partial charge in [0.15, 0.2) is 0 Å². The van der Waals surface area contributed by atoms with Gasteiger partial charge in [0.2, 0.25) is 0 Å². The van der Waals surface area contributed by atoms with Crippen LogP contribution in [0.25, 0.3) is 0 Å². The number of aromatic nitrogens is 2. The van der Waals surface area contributed by atoms with Crippen molar-refractivity contribution in [3.63, 3.8) is 0 Å². The molecule has 1 fully saturated rings. The molecule has 1 aromatic heterocycles. The maximum absolute atomic E-state index is 5.32. The van der Waals surface area contributed by atoms with E-state index in [4.69, 9.17) is 4.74 Å². The molecular formula is C13H24N4O. The predicted octanol–water partition coefficient (Wildman–Crippen LogP) is 0.619. The van der Waals surface area contributed by atoms with Crippen molar-refractivity contribution in [3.05, 3.63) is 18.0 Å². The number of nitrogens with one attached hydrogen (secondary N) is 1. The molecule has 2 rings (SSSR count). The van der Waals surface area contributed by atoms with Crippen molar-refractivity contribution < 1.29 is 4.74 Å². The molecule has 0 bridgehead atoms. The molecule has 1 saturated carbocycles. The smallest absolute Gasteiger partial charge is 0.0630 e. The minimum atomic E-state index is 0.413. The second kappa shape index (κ2) is 6.31. The van der Waals surface area contributed by atoms with Gasteiger partial charge in [-0.2, -0.15) is 5.10 Å². The first-order chi connectivity index (χ1) is 8.69. The standard InChI is InChI=1S/C13H24N4O/c1-16(8-11-6-15-17(2)9-11)13(10-18-3)7-14-12-4-5-12/h6,9,12-14H,4-5,7-8,10H2,1-3H3. The van der Waals surface area contributed by atoms with Gasteiger partial charge in [-0.25, -0.2) is 0 Å². The van der Waals surface area contributed by atoms with Crippen molar-refractivity contribution in [2.75, 3.05) is 27.3 Å². The van der Waals surface area contributed by atoms with Gasteiger partial charge in [-0.15, -0.1) is 0 Å². The summed E-state index contributed by atoms with van der Waals surface area (Å²) in [7, 11) is 5.86. The van der Waals surface area contributed by atoms with Crippen LogP contribution >= 0.6 is 0 Å². The molecule has 1 aliphatic carbocycles. The van der Waals surface area contributed by atoms with Crippen molar-refractivity contribution in [3.8, 4) is 0 Å². The molecule has 0 aliphatic heterocycles. The van der Waals surface area contributed by atoms with Gasteiger partial charge in [-0.3, -0.25) is 9.58 Å². The number of ether oxygens (including phenoxy) is 1. The molecule has 1 N–H and O–H groups in total. The minimum absolute atomic E-state index is 0.413. The topological polar surface area (TPSA) is 42.3 Å². The lowest BCUT2D eigenvalue weighted by atomic mass is 10.2. The third-order valence-electron chi connectivity index (χ3n) is 3.39. The molecule has 0 saturated heterocycles. The Bertz CT molecular complexity index is 362. The summed E-state index contributed by atoms with van der Waals surface area (Å²) in [5.74, 6) is 0. The van der Waals surface area contributed by atoms with Gasteiger partial charge in [0, 0.05) is 51.1 Å². The van der Waals surface area contributed by atoms with Crippen LogP contribution in [0.3, 0.4) is 0 Å². The van der Waals surface area contributed by atoms with E-state index in [1.54, 1.807) is 7.11 Å². The van der Waals surface area contributed by atoms with E-state index in [1.165, 1.54) is 18.4 Å². The summed E-state index contributed by atoms with van der Waals surface area (Å²) in [6.45, 7) is 2.67. The second-order valence-corrected chi connectivity index (χ2v) is 5.23. The van der Waals surface area contributed by atoms with Gasteiger partial charge in [0.05, 0.1) is 12.8 Å². The summed E-state index contributed by atoms with van der Waals surface area (Å²) in [5.41, 5.74) is 1.24. The van der Waals surface area contributed by atoms with E-state index < -0.39 is 0 Å². The lowest BCUT2D eigenvalue weighted by Gasteiger charge is -2.27. The largest absolute Gasteiger partial charge is 0.383 e. The van der Waals surface area contributed by atoms with E-state index in [0.717, 1.165) is 25.7 Å². The van der Waals surface area contributed by atoms with Crippen LogP contribution in [0.1, 0.15) is 18.4 Å². The highest BCUT2D eigenvalue weighted by Gasteiger charge is 2.23. The van der Waals surface area contributed by atoms with Gasteiger partial charge in [0.25, 0.3) is 0 Å². The number of hydrogen-bond donors (Lipinski definition) is 1. The first kappa shape index (κ1) is 13.5. The average Bonchev–Trinajstić information content (AvgIpc) is 3.08. The normalized spacial score (nSPS) is 17.3. The summed E-state index contributed by atoms with van der Waals surface area (Å²) in [4.78, 5) is 2.33. The number of nitrogens with zero attached hydrogens (tertiary/aromatic N) is 3. The Hall–Kier alpha value is -0.910. The third kappa shape index (κ3) is 4.08. The van der Waals surface area contributed by atoms with Crippen molar-refractivity contribution in [2.45, 2.75) is 31.5 Å². The molecule has 0 amide bonds. The molecule has 0 radical (unpaired) electrons. The summed E-state index contributed by atoms with van der Waals surface area (Å²) in [6, 6.07) is 1.16. The molecule has 5 nitrogen and oxygen atoms in total. The highest BCUT2D eigenvalue weighted by molar-refractivity contribution is 5.03. The molecule has 0 spiro atoms. The maximum atomic E-state index is 5.32. The number of likely N-dealkylation sites (N-methyl/N-ethyl adjacent to an activating group) is 1. The predicted molar refractivity (Wildman–Crippen MR) is 71.4 cm³/mol. The van der Waals surface area contributed by atoms with E-state index in [2.05, 4.69) is 28.6 Å². The van der Waals surface area contributed by atoms with Gasteiger partial charge >= 0.3 is 0 Å². The summed E-state index contributed by atoms with van der Waals surface area (Å²) < 4.78 is 7.16. The van der Waals surface area contributed by atoms with Crippen LogP contribution in [-0.4, -0.2) is 54.1 Å². The van der Waals surface area contributed by atoms with Crippen LogP contribution in [0.2, 0.25) is 0 Å². The molecule has 1 atom stereocenters. The zero-order chi connectivity index (χ0) is 13.0. The highest BCUT2D eigenvalue weighted by Crippen LogP contribution is 2.18. The molecular weight excluding hydrogens is 228 g/mol. The molecule has 1 heterocycles. The summed E-state index contributed by atoms with van der Waals surface area (Å²) in [5, 5.41) is 7.77. The molecule has 102 valence electrons. The lowest BCUT2D eigenvalue weighted by Crippen LogP contribution is -2.43. The fourth-order valence-corrected chi connectivity index (χ4v) is 2.10. The van der Waals surface area contributed by atoms with Crippen molar-refractivity contribution in [1.29, 1.82) is 0 Å². The highest BCUT2D eigenvalue weighted by atomic mass is 16.5. The van der Waals surface area contributed by atoms with E-state index >= 15 is 0 Å². The van der Waals surface area contributed by atoms with Gasteiger partial charge < -0.3 is 10.1 Å². The van der Waals surface area contributed by atoms with Gasteiger partial charge in [0.1, 0.15) is 0 Å². The van der Waals surface area contributed by atoms with Gasteiger partial charge in [-0.05, 0) is 19.9 Å². The van der Waals surface area contributed by atoms with Crippen molar-refractivity contribution in [2.24, 2.45) is 7.05 Å². The molecule has 1 unspecified atom stereocenters. The molecule has 1 aromatic rings. The fraction of sp³-hybridized carbons (Fsp3) is 0.769. The molecule has 1 aliphatic rings. The molecule has 5 heteroatoms. The van der Waals surface area contributed by atoms with Crippen LogP contribution in [-0.2, 0) is 18.3 Å². The SMILES string of the molecule is COCC(CNC1CC1)N(C)Cc1cnn(C)c1. The second-order valence-electron chi connectivity index (χ2n) is 5.23. The van der Waals surface area contributed by atoms with Crippen LogP contribution in [0.15, 0.2) is 12.4 Å². The fourth-order valence-electron chi connectivity index (χ4n) is 2.10. The Morgan fingerprint density at radius 2 is 2.39 bits per heavy atom. The minimum Gasteiger partial charge on any atom is -0.383 e. The van der Waals surface area contributed by atoms with Crippen LogP contribution < -0.4 is 5.32 Å². The maximum Gasteiger partial charge on any atom is 0.0630 e. The Kier molecular flexibility index (Phi) is 4.74. The third-order valence-corrected chi connectivity index (χ3v) is 3.39. The molecule has 0 aromatic carbocycles. The molecule has 18 heavy (non-hydrogen) atoms. The van der Waals surface area contributed by atoms with Crippen molar-refractivity contribution >= 4 is 0 Å². The summed E-state index contributed by atoms with van der Waals surface area (Å²) in [6.07, 6.45) is 6.64. The Morgan fingerprint density at radius 3 is 2.94 bits per heavy atom. The number of rotatable bonds is 8. The number of methoxy groups -OCH3 is 1. The van der Waals surface area contributed by atoms with Gasteiger partial charge in [-0.1, -0.05) is 0 Å². The lowest BCUT2D eigenvalue weighted by molar-refractivity contribution is 0.101. The van der Waals surface area contributed by atoms with E-state index in [1.807, 2.05) is 17.9 Å². The zero-order valence-electron chi connectivity index (χ0n) is 11.6. The van der Waals surface area contributed by atoms with E-state index in [9.17, 15) is 0 Å². The Balaban J connectivity index is 1.83. The van der Waals surface area contributed by atoms with E-state index in [-0.39, 0.29) is 0 Å². The van der Waals surface area contributed by atoms with Crippen molar-refractivity contribution in [1.82, 2.24) is 20.0 Å². The summed E-state index contributed by atoms with van der Waals surface area (Å²) >= 11 is 0. The monoisotopic (exact) mass is 252 g/mol. The first-order valence-corrected chi connectivity index (χ1v) is 6.59. The van der Waals surface area contributed by atoms with Crippen LogP contribution in [0, 0.1) is 0 Å². The first-order valence-electron chi connectivity index (χ1n) is 6.59. The van der Waals surface area contributed by atoms with Crippen LogP contribution in [0.4, 0.5) is 0 Å². The zero-order valence-corrected chi connectivity index (χ0v) is 11.6. The van der Waals surface area contributed by atoms with E-state index in [0.29, 0.717) is 6.04 Å².